The summed E-state index contributed by atoms with van der Waals surface area (Å²) in [4.78, 5) is 12.0. The van der Waals surface area contributed by atoms with Gasteiger partial charge in [0.25, 0.3) is 0 Å². The van der Waals surface area contributed by atoms with Crippen molar-refractivity contribution in [2.24, 2.45) is 0 Å². The smallest absolute Gasteiger partial charge is 0.305 e. The van der Waals surface area contributed by atoms with Gasteiger partial charge in [0.15, 0.2) is 14.8 Å². The zero-order valence-corrected chi connectivity index (χ0v) is 12.5. The van der Waals surface area contributed by atoms with E-state index in [0.29, 0.717) is 0 Å². The van der Waals surface area contributed by atoms with Crippen LogP contribution in [0.25, 0.3) is 0 Å². The molecule has 0 aliphatic heterocycles. The third-order valence-corrected chi connectivity index (χ3v) is 5.42. The van der Waals surface area contributed by atoms with Gasteiger partial charge in [-0.05, 0) is 13.8 Å². The molecule has 108 valence electrons. The molecule has 0 unspecified atom stereocenters. The average Bonchev–Trinajstić information content (AvgIpc) is 2.69. The van der Waals surface area contributed by atoms with Crippen molar-refractivity contribution in [2.75, 3.05) is 24.3 Å². The van der Waals surface area contributed by atoms with E-state index in [1.807, 2.05) is 13.8 Å². The lowest BCUT2D eigenvalue weighted by molar-refractivity contribution is -0.383. The minimum absolute atomic E-state index is 0.0437. The number of rotatable bonds is 6. The molecule has 0 saturated heterocycles. The van der Waals surface area contributed by atoms with Crippen molar-refractivity contribution in [2.45, 2.75) is 24.1 Å². The van der Waals surface area contributed by atoms with Gasteiger partial charge in [0.1, 0.15) is 4.21 Å². The summed E-state index contributed by atoms with van der Waals surface area (Å²) in [7, 11) is -3.49. The van der Waals surface area contributed by atoms with Gasteiger partial charge in [-0.25, -0.2) is 8.42 Å². The van der Waals surface area contributed by atoms with Crippen LogP contribution in [0, 0.1) is 10.1 Å². The van der Waals surface area contributed by atoms with Crippen molar-refractivity contribution in [1.82, 2.24) is 0 Å². The van der Waals surface area contributed by atoms with Crippen LogP contribution in [0.5, 0.6) is 0 Å². The number of nitro groups is 1. The fourth-order valence-electron chi connectivity index (χ4n) is 1.57. The van der Waals surface area contributed by atoms with Crippen LogP contribution in [-0.4, -0.2) is 43.9 Å². The Morgan fingerprint density at radius 3 is 2.47 bits per heavy atom. The molecule has 1 rings (SSSR count). The van der Waals surface area contributed by atoms with Crippen molar-refractivity contribution in [3.8, 4) is 0 Å². The highest BCUT2D eigenvalue weighted by Gasteiger charge is 2.28. The van der Waals surface area contributed by atoms with Gasteiger partial charge in [-0.3, -0.25) is 10.1 Å². The second kappa shape index (κ2) is 5.85. The third kappa shape index (κ3) is 3.64. The summed E-state index contributed by atoms with van der Waals surface area (Å²) < 4.78 is 22.9. The van der Waals surface area contributed by atoms with Crippen LogP contribution in [0.2, 0.25) is 0 Å². The highest BCUT2D eigenvalue weighted by atomic mass is 32.2. The van der Waals surface area contributed by atoms with E-state index in [4.69, 9.17) is 5.11 Å². The first-order valence-electron chi connectivity index (χ1n) is 5.54. The highest BCUT2D eigenvalue weighted by molar-refractivity contribution is 7.92. The maximum Gasteiger partial charge on any atom is 0.305 e. The van der Waals surface area contributed by atoms with Crippen molar-refractivity contribution >= 4 is 31.9 Å². The molecular weight excluding hydrogens is 292 g/mol. The summed E-state index contributed by atoms with van der Waals surface area (Å²) >= 11 is 0.856. The molecule has 0 aliphatic rings. The van der Waals surface area contributed by atoms with Gasteiger partial charge in [0.2, 0.25) is 0 Å². The Morgan fingerprint density at radius 2 is 2.11 bits per heavy atom. The molecule has 0 aromatic carbocycles. The second-order valence-corrected chi connectivity index (χ2v) is 7.57. The fourth-order valence-corrected chi connectivity index (χ4v) is 3.76. The molecule has 0 fully saturated rings. The van der Waals surface area contributed by atoms with Gasteiger partial charge in [0, 0.05) is 24.9 Å². The molecule has 0 spiro atoms. The van der Waals surface area contributed by atoms with E-state index in [1.54, 1.807) is 4.90 Å². The molecule has 0 radical (unpaired) electrons. The van der Waals surface area contributed by atoms with Crippen LogP contribution in [-0.2, 0) is 9.84 Å². The van der Waals surface area contributed by atoms with Crippen molar-refractivity contribution < 1.29 is 18.4 Å². The van der Waals surface area contributed by atoms with E-state index in [9.17, 15) is 18.5 Å². The molecule has 0 atom stereocenters. The number of aliphatic hydroxyl groups is 1. The van der Waals surface area contributed by atoms with Crippen LogP contribution in [0.1, 0.15) is 13.8 Å². The van der Waals surface area contributed by atoms with Gasteiger partial charge in [-0.15, -0.1) is 0 Å². The molecule has 7 nitrogen and oxygen atoms in total. The molecule has 1 heterocycles. The van der Waals surface area contributed by atoms with Crippen LogP contribution in [0.4, 0.5) is 10.7 Å². The number of hydrogen-bond acceptors (Lipinski definition) is 7. The molecule has 0 bridgehead atoms. The molecule has 1 N–H and O–H groups in total. The summed E-state index contributed by atoms with van der Waals surface area (Å²) in [5.41, 5.74) is -0.243. The van der Waals surface area contributed by atoms with Gasteiger partial charge in [0.05, 0.1) is 11.5 Å². The molecule has 0 amide bonds. The molecule has 0 aliphatic carbocycles. The summed E-state index contributed by atoms with van der Waals surface area (Å²) in [6.45, 7) is 3.68. The summed E-state index contributed by atoms with van der Waals surface area (Å²) in [6, 6.07) is 0.985. The molecule has 1 aromatic heterocycles. The van der Waals surface area contributed by atoms with Gasteiger partial charge >= 0.3 is 5.69 Å². The molecule has 0 saturated carbocycles. The number of anilines is 1. The molecule has 9 heteroatoms. The lowest BCUT2D eigenvalue weighted by Crippen LogP contribution is -2.33. The van der Waals surface area contributed by atoms with E-state index < -0.39 is 14.8 Å². The Balaban J connectivity index is 3.39. The minimum Gasteiger partial charge on any atom is -0.395 e. The Kier molecular flexibility index (Phi) is 4.88. The first kappa shape index (κ1) is 15.9. The lowest BCUT2D eigenvalue weighted by Gasteiger charge is -2.25. The highest BCUT2D eigenvalue weighted by Crippen LogP contribution is 2.40. The average molecular weight is 308 g/mol. The maximum atomic E-state index is 11.5. The van der Waals surface area contributed by atoms with Crippen molar-refractivity contribution in [3.63, 3.8) is 0 Å². The molecule has 19 heavy (non-hydrogen) atoms. The SMILES string of the molecule is CC(C)N(CCO)c1sc(S(C)(=O)=O)cc1[N+](=O)[O-]. The van der Waals surface area contributed by atoms with E-state index in [0.717, 1.165) is 23.7 Å². The summed E-state index contributed by atoms with van der Waals surface area (Å²) in [6.07, 6.45) is 1.01. The van der Waals surface area contributed by atoms with Gasteiger partial charge in [-0.2, -0.15) is 0 Å². The summed E-state index contributed by atoms with van der Waals surface area (Å²) in [5, 5.41) is 20.3. The maximum absolute atomic E-state index is 11.5. The second-order valence-electron chi connectivity index (χ2n) is 4.30. The van der Waals surface area contributed by atoms with Gasteiger partial charge in [-0.1, -0.05) is 11.3 Å². The standard InChI is InChI=1S/C10H16N2O5S2/c1-7(2)11(4-5-13)10-8(12(14)15)6-9(18-10)19(3,16)17/h6-7,13H,4-5H2,1-3H3. The van der Waals surface area contributed by atoms with Crippen molar-refractivity contribution in [1.29, 1.82) is 0 Å². The van der Waals surface area contributed by atoms with Crippen LogP contribution < -0.4 is 4.90 Å². The number of aliphatic hydroxyl groups excluding tert-OH is 1. The van der Waals surface area contributed by atoms with Gasteiger partial charge < -0.3 is 10.0 Å². The number of thiophene rings is 1. The predicted octanol–water partition coefficient (Wildman–Crippen LogP) is 1.27. The molecule has 1 aromatic rings. The first-order chi connectivity index (χ1) is 8.68. The number of sulfone groups is 1. The monoisotopic (exact) mass is 308 g/mol. The normalized spacial score (nSPS) is 11.8. The Labute approximate surface area is 115 Å². The summed E-state index contributed by atoms with van der Waals surface area (Å²) in [5.74, 6) is 0. The Hall–Kier alpha value is -1.19. The predicted molar refractivity (Wildman–Crippen MR) is 73.7 cm³/mol. The number of hydrogen-bond donors (Lipinski definition) is 1. The fraction of sp³-hybridized carbons (Fsp3) is 0.600. The Morgan fingerprint density at radius 1 is 1.53 bits per heavy atom. The zero-order chi connectivity index (χ0) is 14.8. The number of nitrogens with zero attached hydrogens (tertiary/aromatic N) is 2. The van der Waals surface area contributed by atoms with E-state index >= 15 is 0 Å². The third-order valence-electron chi connectivity index (χ3n) is 2.46. The lowest BCUT2D eigenvalue weighted by atomic mass is 10.3. The largest absolute Gasteiger partial charge is 0.395 e. The van der Waals surface area contributed by atoms with Crippen LogP contribution >= 0.6 is 11.3 Å². The quantitative estimate of drug-likeness (QED) is 0.627. The minimum atomic E-state index is -3.49. The van der Waals surface area contributed by atoms with Crippen molar-refractivity contribution in [3.05, 3.63) is 16.2 Å². The van der Waals surface area contributed by atoms with E-state index in [-0.39, 0.29) is 34.1 Å². The van der Waals surface area contributed by atoms with E-state index in [2.05, 4.69) is 0 Å². The van der Waals surface area contributed by atoms with Crippen LogP contribution in [0.3, 0.4) is 0 Å². The van der Waals surface area contributed by atoms with E-state index in [1.165, 1.54) is 0 Å². The molecular formula is C10H16N2O5S2. The topological polar surface area (TPSA) is 101 Å². The zero-order valence-electron chi connectivity index (χ0n) is 10.9. The Bertz CT molecular complexity index is 564. The van der Waals surface area contributed by atoms with Crippen LogP contribution in [0.15, 0.2) is 10.3 Å². The first-order valence-corrected chi connectivity index (χ1v) is 8.25.